The van der Waals surface area contributed by atoms with E-state index >= 15 is 0 Å². The van der Waals surface area contributed by atoms with Crippen LogP contribution in [0.2, 0.25) is 0 Å². The molecular formula is C14H26N2OS. The minimum atomic E-state index is -0.143. The third kappa shape index (κ3) is 3.02. The standard InChI is InChI=1S/C14H26N2OS/c1-3-14(7-4-8-15-10-14)13(17)16-11-5-6-12(9-11)18-2/h11-12,15H,3-10H2,1-2H3,(H,16,17). The molecule has 2 N–H and O–H groups in total. The van der Waals surface area contributed by atoms with Crippen LogP contribution in [0.25, 0.3) is 0 Å². The molecule has 1 aliphatic carbocycles. The number of hydrogen-bond acceptors (Lipinski definition) is 3. The third-order valence-electron chi connectivity index (χ3n) is 4.68. The molecule has 0 aromatic rings. The average Bonchev–Trinajstić information content (AvgIpc) is 2.87. The van der Waals surface area contributed by atoms with Crippen molar-refractivity contribution in [3.8, 4) is 0 Å². The van der Waals surface area contributed by atoms with Crippen LogP contribution in [-0.4, -0.2) is 36.5 Å². The van der Waals surface area contributed by atoms with E-state index in [9.17, 15) is 4.79 Å². The lowest BCUT2D eigenvalue weighted by atomic mass is 9.77. The quantitative estimate of drug-likeness (QED) is 0.822. The molecule has 2 aliphatic rings. The van der Waals surface area contributed by atoms with E-state index in [4.69, 9.17) is 0 Å². The van der Waals surface area contributed by atoms with Crippen molar-refractivity contribution in [2.45, 2.75) is 56.7 Å². The molecule has 4 heteroatoms. The van der Waals surface area contributed by atoms with E-state index < -0.39 is 0 Å². The van der Waals surface area contributed by atoms with Gasteiger partial charge in [-0.25, -0.2) is 0 Å². The molecule has 104 valence electrons. The van der Waals surface area contributed by atoms with E-state index in [-0.39, 0.29) is 5.41 Å². The normalized spacial score (nSPS) is 36.6. The van der Waals surface area contributed by atoms with Crippen LogP contribution in [-0.2, 0) is 4.79 Å². The van der Waals surface area contributed by atoms with Crippen molar-refractivity contribution >= 4 is 17.7 Å². The molecule has 0 spiro atoms. The maximum absolute atomic E-state index is 12.5. The van der Waals surface area contributed by atoms with Gasteiger partial charge in [0.25, 0.3) is 0 Å². The Labute approximate surface area is 115 Å². The van der Waals surface area contributed by atoms with Crippen LogP contribution in [0.4, 0.5) is 0 Å². The lowest BCUT2D eigenvalue weighted by molar-refractivity contribution is -0.133. The van der Waals surface area contributed by atoms with Crippen LogP contribution in [0.3, 0.4) is 0 Å². The summed E-state index contributed by atoms with van der Waals surface area (Å²) in [6.45, 7) is 4.06. The first-order chi connectivity index (χ1) is 8.70. The largest absolute Gasteiger partial charge is 0.353 e. The Morgan fingerprint density at radius 2 is 2.33 bits per heavy atom. The van der Waals surface area contributed by atoms with Gasteiger partial charge in [0, 0.05) is 17.8 Å². The maximum Gasteiger partial charge on any atom is 0.227 e. The number of carbonyl (C=O) groups excluding carboxylic acids is 1. The molecule has 3 unspecified atom stereocenters. The Bertz CT molecular complexity index is 290. The molecule has 1 amide bonds. The van der Waals surface area contributed by atoms with Gasteiger partial charge in [-0.2, -0.15) is 11.8 Å². The number of amides is 1. The highest BCUT2D eigenvalue weighted by Crippen LogP contribution is 2.33. The van der Waals surface area contributed by atoms with Crippen molar-refractivity contribution in [1.29, 1.82) is 0 Å². The number of piperidine rings is 1. The van der Waals surface area contributed by atoms with Gasteiger partial charge in [0.15, 0.2) is 0 Å². The number of thioether (sulfide) groups is 1. The molecule has 1 saturated heterocycles. The molecule has 2 rings (SSSR count). The summed E-state index contributed by atoms with van der Waals surface area (Å²) in [4.78, 5) is 12.5. The lowest BCUT2D eigenvalue weighted by Crippen LogP contribution is -2.52. The Morgan fingerprint density at radius 3 is 2.89 bits per heavy atom. The van der Waals surface area contributed by atoms with Gasteiger partial charge in [0.05, 0.1) is 5.41 Å². The molecule has 0 radical (unpaired) electrons. The van der Waals surface area contributed by atoms with Crippen molar-refractivity contribution in [2.75, 3.05) is 19.3 Å². The number of carbonyl (C=O) groups is 1. The van der Waals surface area contributed by atoms with E-state index in [2.05, 4.69) is 23.8 Å². The highest BCUT2D eigenvalue weighted by molar-refractivity contribution is 7.99. The summed E-state index contributed by atoms with van der Waals surface area (Å²) in [5.41, 5.74) is -0.143. The van der Waals surface area contributed by atoms with Crippen molar-refractivity contribution in [3.63, 3.8) is 0 Å². The molecule has 18 heavy (non-hydrogen) atoms. The smallest absolute Gasteiger partial charge is 0.227 e. The molecule has 2 fully saturated rings. The fourth-order valence-corrected chi connectivity index (χ4v) is 4.04. The van der Waals surface area contributed by atoms with E-state index in [1.807, 2.05) is 11.8 Å². The average molecular weight is 270 g/mol. The first kappa shape index (κ1) is 14.2. The predicted octanol–water partition coefficient (Wildman–Crippen LogP) is 2.17. The minimum Gasteiger partial charge on any atom is -0.353 e. The summed E-state index contributed by atoms with van der Waals surface area (Å²) >= 11 is 1.94. The highest BCUT2D eigenvalue weighted by Gasteiger charge is 2.39. The van der Waals surface area contributed by atoms with Crippen LogP contribution in [0.15, 0.2) is 0 Å². The second-order valence-corrected chi connectivity index (χ2v) is 6.89. The van der Waals surface area contributed by atoms with Crippen molar-refractivity contribution in [1.82, 2.24) is 10.6 Å². The summed E-state index contributed by atoms with van der Waals surface area (Å²) in [7, 11) is 0. The Morgan fingerprint density at radius 1 is 1.50 bits per heavy atom. The molecule has 0 bridgehead atoms. The first-order valence-corrected chi connectivity index (χ1v) is 8.53. The predicted molar refractivity (Wildman–Crippen MR) is 77.9 cm³/mol. The molecule has 3 atom stereocenters. The topological polar surface area (TPSA) is 41.1 Å². The fraction of sp³-hybridized carbons (Fsp3) is 0.929. The highest BCUT2D eigenvalue weighted by atomic mass is 32.2. The fourth-order valence-electron chi connectivity index (χ4n) is 3.25. The maximum atomic E-state index is 12.5. The van der Waals surface area contributed by atoms with Gasteiger partial charge in [0.1, 0.15) is 0 Å². The van der Waals surface area contributed by atoms with E-state index in [0.29, 0.717) is 11.9 Å². The second kappa shape index (κ2) is 6.29. The second-order valence-electron chi connectivity index (χ2n) is 5.76. The zero-order chi connectivity index (χ0) is 13.0. The van der Waals surface area contributed by atoms with Gasteiger partial charge in [-0.05, 0) is 51.3 Å². The van der Waals surface area contributed by atoms with Crippen LogP contribution < -0.4 is 10.6 Å². The molecule has 3 nitrogen and oxygen atoms in total. The van der Waals surface area contributed by atoms with Gasteiger partial charge in [0.2, 0.25) is 5.91 Å². The first-order valence-electron chi connectivity index (χ1n) is 7.24. The molecule has 0 aromatic carbocycles. The van der Waals surface area contributed by atoms with E-state index in [1.54, 1.807) is 0 Å². The van der Waals surface area contributed by atoms with Gasteiger partial charge >= 0.3 is 0 Å². The van der Waals surface area contributed by atoms with Gasteiger partial charge in [-0.3, -0.25) is 4.79 Å². The molecule has 1 heterocycles. The zero-order valence-electron chi connectivity index (χ0n) is 11.6. The summed E-state index contributed by atoms with van der Waals surface area (Å²) < 4.78 is 0. The molecule has 0 aromatic heterocycles. The minimum absolute atomic E-state index is 0.143. The van der Waals surface area contributed by atoms with Gasteiger partial charge in [-0.15, -0.1) is 0 Å². The van der Waals surface area contributed by atoms with Crippen molar-refractivity contribution in [2.24, 2.45) is 5.41 Å². The van der Waals surface area contributed by atoms with Crippen molar-refractivity contribution in [3.05, 3.63) is 0 Å². The summed E-state index contributed by atoms with van der Waals surface area (Å²) in [5.74, 6) is 0.295. The summed E-state index contributed by atoms with van der Waals surface area (Å²) in [5, 5.41) is 7.45. The van der Waals surface area contributed by atoms with Crippen LogP contribution in [0.1, 0.15) is 45.4 Å². The van der Waals surface area contributed by atoms with Crippen LogP contribution >= 0.6 is 11.8 Å². The molecular weight excluding hydrogens is 244 g/mol. The molecule has 1 aliphatic heterocycles. The third-order valence-corrected chi connectivity index (χ3v) is 5.78. The monoisotopic (exact) mass is 270 g/mol. The van der Waals surface area contributed by atoms with Gasteiger partial charge < -0.3 is 10.6 Å². The van der Waals surface area contributed by atoms with E-state index in [0.717, 1.165) is 50.4 Å². The Hall–Kier alpha value is -0.220. The SMILES string of the molecule is CCC1(C(=O)NC2CCC(SC)C2)CCCNC1. The zero-order valence-corrected chi connectivity index (χ0v) is 12.4. The van der Waals surface area contributed by atoms with E-state index in [1.165, 1.54) is 6.42 Å². The molecule has 1 saturated carbocycles. The van der Waals surface area contributed by atoms with Gasteiger partial charge in [-0.1, -0.05) is 6.92 Å². The van der Waals surface area contributed by atoms with Crippen LogP contribution in [0, 0.1) is 5.41 Å². The summed E-state index contributed by atoms with van der Waals surface area (Å²) in [6, 6.07) is 0.417. The number of nitrogens with one attached hydrogen (secondary N) is 2. The Kier molecular flexibility index (Phi) is 4.96. The summed E-state index contributed by atoms with van der Waals surface area (Å²) in [6.07, 6.45) is 8.85. The number of rotatable bonds is 4. The van der Waals surface area contributed by atoms with Crippen molar-refractivity contribution < 1.29 is 4.79 Å². The Balaban J connectivity index is 1.90. The number of hydrogen-bond donors (Lipinski definition) is 2. The lowest BCUT2D eigenvalue weighted by Gasteiger charge is -2.36. The van der Waals surface area contributed by atoms with Crippen LogP contribution in [0.5, 0.6) is 0 Å².